The monoisotopic (exact) mass is 505 g/mol. The van der Waals surface area contributed by atoms with E-state index in [1.807, 2.05) is 0 Å². The summed E-state index contributed by atoms with van der Waals surface area (Å²) in [7, 11) is -3.08. The molecule has 14 heteroatoms. The molecule has 1 aromatic heterocycles. The SMILES string of the molecule is COC(=O)CNP(=O)(OC[C@H]1O[C@@H](n2cc(C)c(=O)[nH]c2=O)C[C@@H]1F)Oc1ccccc1Cl. The van der Waals surface area contributed by atoms with Crippen molar-refractivity contribution in [1.82, 2.24) is 14.6 Å². The molecule has 1 aromatic carbocycles. The zero-order chi connectivity index (χ0) is 24.2. The zero-order valence-electron chi connectivity index (χ0n) is 17.7. The van der Waals surface area contributed by atoms with E-state index in [9.17, 15) is 23.3 Å². The maximum atomic E-state index is 14.6. The van der Waals surface area contributed by atoms with Crippen molar-refractivity contribution in [2.75, 3.05) is 20.3 Å². The molecule has 1 fully saturated rings. The quantitative estimate of drug-likeness (QED) is 0.387. The van der Waals surface area contributed by atoms with Gasteiger partial charge >= 0.3 is 19.4 Å². The Labute approximate surface area is 192 Å². The number of H-pyrrole nitrogens is 1. The molecular formula is C19H22ClFN3O8P. The Bertz CT molecular complexity index is 1170. The van der Waals surface area contributed by atoms with Crippen LogP contribution in [0.1, 0.15) is 18.2 Å². The maximum Gasteiger partial charge on any atom is 0.459 e. The highest BCUT2D eigenvalue weighted by Gasteiger charge is 2.39. The Morgan fingerprint density at radius 2 is 2.12 bits per heavy atom. The van der Waals surface area contributed by atoms with E-state index in [0.717, 1.165) is 11.7 Å². The Morgan fingerprint density at radius 1 is 1.39 bits per heavy atom. The van der Waals surface area contributed by atoms with Crippen LogP contribution < -0.4 is 20.9 Å². The molecule has 2 heterocycles. The fourth-order valence-electron chi connectivity index (χ4n) is 2.97. The van der Waals surface area contributed by atoms with E-state index in [0.29, 0.717) is 0 Å². The molecule has 1 aliphatic rings. The molecule has 0 amide bonds. The number of para-hydroxylation sites is 1. The molecule has 3 rings (SSSR count). The number of rotatable bonds is 9. The predicted molar refractivity (Wildman–Crippen MR) is 115 cm³/mol. The highest BCUT2D eigenvalue weighted by Crippen LogP contribution is 2.47. The number of esters is 1. The highest BCUT2D eigenvalue weighted by molar-refractivity contribution is 7.52. The first-order chi connectivity index (χ1) is 15.6. The summed E-state index contributed by atoms with van der Waals surface area (Å²) in [6.45, 7) is 0.439. The second kappa shape index (κ2) is 10.6. The van der Waals surface area contributed by atoms with Crippen LogP contribution in [0.4, 0.5) is 4.39 Å². The van der Waals surface area contributed by atoms with Gasteiger partial charge in [-0.3, -0.25) is 23.7 Å². The van der Waals surface area contributed by atoms with Gasteiger partial charge in [0.25, 0.3) is 5.56 Å². The number of alkyl halides is 1. The van der Waals surface area contributed by atoms with Crippen molar-refractivity contribution in [3.05, 3.63) is 61.9 Å². The lowest BCUT2D eigenvalue weighted by atomic mass is 10.2. The van der Waals surface area contributed by atoms with Gasteiger partial charge in [-0.05, 0) is 19.1 Å². The third kappa shape index (κ3) is 6.30. The number of methoxy groups -OCH3 is 1. The van der Waals surface area contributed by atoms with E-state index in [-0.39, 0.29) is 22.8 Å². The Hall–Kier alpha value is -2.50. The first-order valence-electron chi connectivity index (χ1n) is 9.74. The van der Waals surface area contributed by atoms with Crippen LogP contribution in [0.5, 0.6) is 5.75 Å². The summed E-state index contributed by atoms with van der Waals surface area (Å²) in [6, 6.07) is 6.14. The van der Waals surface area contributed by atoms with Gasteiger partial charge in [-0.2, -0.15) is 0 Å². The second-order valence-corrected chi connectivity index (χ2v) is 9.24. The van der Waals surface area contributed by atoms with Crippen LogP contribution in [0, 0.1) is 6.92 Å². The summed E-state index contributed by atoms with van der Waals surface area (Å²) in [5, 5.41) is 2.47. The number of nitrogens with one attached hydrogen (secondary N) is 2. The fraction of sp³-hybridized carbons (Fsp3) is 0.421. The number of halogens is 2. The first kappa shape index (κ1) is 25.1. The summed E-state index contributed by atoms with van der Waals surface area (Å²) in [4.78, 5) is 37.2. The average Bonchev–Trinajstić information content (AvgIpc) is 3.15. The lowest BCUT2D eigenvalue weighted by molar-refractivity contribution is -0.139. The van der Waals surface area contributed by atoms with Gasteiger partial charge in [0.1, 0.15) is 30.8 Å². The van der Waals surface area contributed by atoms with Crippen LogP contribution in [0.2, 0.25) is 5.02 Å². The molecule has 0 saturated carbocycles. The van der Waals surface area contributed by atoms with Crippen LogP contribution >= 0.6 is 19.3 Å². The molecule has 11 nitrogen and oxygen atoms in total. The molecule has 180 valence electrons. The minimum absolute atomic E-state index is 0.0112. The number of nitrogens with zero attached hydrogens (tertiary/aromatic N) is 1. The number of aryl methyl sites for hydroxylation is 1. The van der Waals surface area contributed by atoms with Crippen LogP contribution in [-0.4, -0.2) is 48.1 Å². The van der Waals surface area contributed by atoms with Crippen LogP contribution in [0.25, 0.3) is 0 Å². The number of hydrogen-bond acceptors (Lipinski definition) is 8. The Balaban J connectivity index is 1.73. The van der Waals surface area contributed by atoms with E-state index >= 15 is 0 Å². The summed E-state index contributed by atoms with van der Waals surface area (Å²) in [5.74, 6) is -0.730. The smallest absolute Gasteiger partial charge is 0.459 e. The number of ether oxygens (including phenoxy) is 2. The third-order valence-corrected chi connectivity index (χ3v) is 6.51. The number of carbonyl (C=O) groups is 1. The minimum Gasteiger partial charge on any atom is -0.468 e. The summed E-state index contributed by atoms with van der Waals surface area (Å²) >= 11 is 6.03. The first-order valence-corrected chi connectivity index (χ1v) is 11.7. The van der Waals surface area contributed by atoms with E-state index in [1.54, 1.807) is 12.1 Å². The number of benzene rings is 1. The van der Waals surface area contributed by atoms with Crippen LogP contribution in [-0.2, 0) is 23.4 Å². The molecule has 0 spiro atoms. The number of carbonyl (C=O) groups excluding carboxylic acids is 1. The van der Waals surface area contributed by atoms with E-state index < -0.39 is 56.6 Å². The van der Waals surface area contributed by atoms with Gasteiger partial charge in [0.2, 0.25) is 0 Å². The van der Waals surface area contributed by atoms with Crippen molar-refractivity contribution in [3.63, 3.8) is 0 Å². The molecule has 0 bridgehead atoms. The average molecular weight is 506 g/mol. The number of aromatic nitrogens is 2. The molecule has 1 aliphatic heterocycles. The lowest BCUT2D eigenvalue weighted by Gasteiger charge is -2.22. The van der Waals surface area contributed by atoms with Gasteiger partial charge in [0.05, 0.1) is 18.7 Å². The summed E-state index contributed by atoms with van der Waals surface area (Å²) in [6.07, 6.45) is -2.74. The van der Waals surface area contributed by atoms with Gasteiger partial charge in [-0.25, -0.2) is 18.8 Å². The van der Waals surface area contributed by atoms with Crippen molar-refractivity contribution in [3.8, 4) is 5.75 Å². The summed E-state index contributed by atoms with van der Waals surface area (Å²) < 4.78 is 49.7. The molecule has 2 N–H and O–H groups in total. The zero-order valence-corrected chi connectivity index (χ0v) is 19.3. The molecule has 2 aromatic rings. The molecule has 0 aliphatic carbocycles. The van der Waals surface area contributed by atoms with Crippen LogP contribution in [0.3, 0.4) is 0 Å². The molecular weight excluding hydrogens is 484 g/mol. The van der Waals surface area contributed by atoms with E-state index in [1.165, 1.54) is 25.3 Å². The number of hydrogen-bond donors (Lipinski definition) is 2. The summed E-state index contributed by atoms with van der Waals surface area (Å²) in [5.41, 5.74) is -1.06. The molecule has 0 radical (unpaired) electrons. The van der Waals surface area contributed by atoms with Gasteiger partial charge in [0.15, 0.2) is 0 Å². The van der Waals surface area contributed by atoms with Crippen molar-refractivity contribution in [1.29, 1.82) is 0 Å². The van der Waals surface area contributed by atoms with Gasteiger partial charge in [-0.1, -0.05) is 23.7 Å². The Morgan fingerprint density at radius 3 is 2.82 bits per heavy atom. The van der Waals surface area contributed by atoms with Gasteiger partial charge in [-0.15, -0.1) is 0 Å². The van der Waals surface area contributed by atoms with Crippen molar-refractivity contribution >= 4 is 25.3 Å². The van der Waals surface area contributed by atoms with Crippen molar-refractivity contribution in [2.45, 2.75) is 31.8 Å². The van der Waals surface area contributed by atoms with E-state index in [2.05, 4.69) is 14.8 Å². The number of aromatic amines is 1. The normalized spacial score (nSPS) is 22.0. The predicted octanol–water partition coefficient (Wildman–Crippen LogP) is 2.09. The molecule has 1 saturated heterocycles. The van der Waals surface area contributed by atoms with E-state index in [4.69, 9.17) is 25.4 Å². The molecule has 33 heavy (non-hydrogen) atoms. The minimum atomic E-state index is -4.23. The molecule has 4 atom stereocenters. The van der Waals surface area contributed by atoms with Crippen molar-refractivity contribution in [2.24, 2.45) is 0 Å². The molecule has 1 unspecified atom stereocenters. The van der Waals surface area contributed by atoms with Crippen molar-refractivity contribution < 1.29 is 32.3 Å². The highest BCUT2D eigenvalue weighted by atomic mass is 35.5. The standard InChI is InChI=1S/C19H22ClFN3O8P/c1-11-9-24(19(27)23-18(11)26)16-7-13(21)15(31-16)10-30-33(28,22-8-17(25)29-2)32-14-6-4-3-5-12(14)20/h3-6,9,13,15-16H,7-8,10H2,1-2H3,(H,22,28)(H,23,26,27)/t13-,15+,16+,33?/m0/s1. The topological polar surface area (TPSA) is 138 Å². The lowest BCUT2D eigenvalue weighted by Crippen LogP contribution is -2.33. The maximum absolute atomic E-state index is 14.6. The largest absolute Gasteiger partial charge is 0.468 e. The van der Waals surface area contributed by atoms with Crippen LogP contribution in [0.15, 0.2) is 40.1 Å². The second-order valence-electron chi connectivity index (χ2n) is 7.09. The van der Waals surface area contributed by atoms with Gasteiger partial charge < -0.3 is 14.0 Å². The fourth-order valence-corrected chi connectivity index (χ4v) is 4.49. The third-order valence-electron chi connectivity index (χ3n) is 4.73. The Kier molecular flexibility index (Phi) is 8.09. The van der Waals surface area contributed by atoms with Gasteiger partial charge in [0, 0.05) is 18.2 Å².